The van der Waals surface area contributed by atoms with E-state index in [2.05, 4.69) is 9.98 Å². The van der Waals surface area contributed by atoms with Gasteiger partial charge in [-0.05, 0) is 55.3 Å². The molecular formula is C21H20F2N4O. The summed E-state index contributed by atoms with van der Waals surface area (Å²) >= 11 is 0. The first-order valence-corrected chi connectivity index (χ1v) is 8.63. The number of nitrogens with one attached hydrogen (secondary N) is 1. The second-order valence-corrected chi connectivity index (χ2v) is 6.52. The number of hydrogen-bond acceptors (Lipinski definition) is 2. The number of allylic oxidation sites excluding steroid dienone is 1. The molecule has 28 heavy (non-hydrogen) atoms. The van der Waals surface area contributed by atoms with E-state index in [0.29, 0.717) is 23.1 Å². The average Bonchev–Trinajstić information content (AvgIpc) is 3.12. The molecule has 0 aliphatic rings. The molecule has 7 heteroatoms. The van der Waals surface area contributed by atoms with Crippen molar-refractivity contribution >= 4 is 28.8 Å². The van der Waals surface area contributed by atoms with E-state index in [9.17, 15) is 13.6 Å². The fraction of sp³-hybridized carbons (Fsp3) is 0.143. The number of fused-ring (bicyclic) bond motifs is 1. The molecule has 1 aromatic heterocycles. The quantitative estimate of drug-likeness (QED) is 0.299. The van der Waals surface area contributed by atoms with E-state index >= 15 is 0 Å². The molecule has 0 aliphatic carbocycles. The van der Waals surface area contributed by atoms with Gasteiger partial charge in [-0.1, -0.05) is 0 Å². The lowest BCUT2D eigenvalue weighted by molar-refractivity contribution is -0.104. The van der Waals surface area contributed by atoms with E-state index in [-0.39, 0.29) is 12.5 Å². The summed E-state index contributed by atoms with van der Waals surface area (Å²) in [5.41, 5.74) is 9.53. The molecule has 0 bridgehead atoms. The first-order chi connectivity index (χ1) is 13.4. The second kappa shape index (κ2) is 8.04. The van der Waals surface area contributed by atoms with Crippen LogP contribution in [0, 0.1) is 18.6 Å². The number of aryl methyl sites for hydroxylation is 1. The van der Waals surface area contributed by atoms with Gasteiger partial charge in [0.2, 0.25) is 5.96 Å². The third kappa shape index (κ3) is 4.25. The monoisotopic (exact) mass is 382 g/mol. The molecule has 1 heterocycles. The van der Waals surface area contributed by atoms with Crippen molar-refractivity contribution in [3.05, 3.63) is 77.1 Å². The van der Waals surface area contributed by atoms with Crippen LogP contribution >= 0.6 is 0 Å². The molecule has 0 amide bonds. The molecular weight excluding hydrogens is 362 g/mol. The van der Waals surface area contributed by atoms with E-state index in [1.54, 1.807) is 6.92 Å². The minimum atomic E-state index is -0.685. The molecule has 0 unspecified atom stereocenters. The summed E-state index contributed by atoms with van der Waals surface area (Å²) < 4.78 is 27.1. The van der Waals surface area contributed by atoms with Gasteiger partial charge in [-0.3, -0.25) is 4.79 Å². The Morgan fingerprint density at radius 3 is 2.61 bits per heavy atom. The zero-order chi connectivity index (χ0) is 20.3. The smallest absolute Gasteiger partial charge is 0.200 e. The summed E-state index contributed by atoms with van der Waals surface area (Å²) in [6.45, 7) is 3.60. The van der Waals surface area contributed by atoms with E-state index < -0.39 is 11.6 Å². The zero-order valence-electron chi connectivity index (χ0n) is 15.5. The number of carbonyl (C=O) groups is 1. The predicted molar refractivity (Wildman–Crippen MR) is 106 cm³/mol. The Morgan fingerprint density at radius 2 is 1.93 bits per heavy atom. The van der Waals surface area contributed by atoms with Crippen molar-refractivity contribution in [1.29, 1.82) is 0 Å². The molecule has 0 atom stereocenters. The third-order valence-corrected chi connectivity index (χ3v) is 4.32. The summed E-state index contributed by atoms with van der Waals surface area (Å²) in [6.07, 6.45) is 4.01. The Kier molecular flexibility index (Phi) is 5.54. The van der Waals surface area contributed by atoms with Crippen molar-refractivity contribution in [1.82, 2.24) is 9.88 Å². The maximum Gasteiger partial charge on any atom is 0.200 e. The summed E-state index contributed by atoms with van der Waals surface area (Å²) in [4.78, 5) is 20.1. The number of benzene rings is 2. The molecule has 0 radical (unpaired) electrons. The molecule has 5 nitrogen and oxygen atoms in total. The lowest BCUT2D eigenvalue weighted by atomic mass is 10.1. The molecule has 0 saturated heterocycles. The summed E-state index contributed by atoms with van der Waals surface area (Å²) in [6, 6.07) is 8.90. The van der Waals surface area contributed by atoms with Crippen molar-refractivity contribution in [2.45, 2.75) is 20.4 Å². The number of aromatic nitrogens is 1. The second-order valence-electron chi connectivity index (χ2n) is 6.52. The van der Waals surface area contributed by atoms with Crippen LogP contribution in [0.2, 0.25) is 0 Å². The van der Waals surface area contributed by atoms with Gasteiger partial charge in [-0.25, -0.2) is 13.8 Å². The number of rotatable bonds is 5. The van der Waals surface area contributed by atoms with E-state index in [1.165, 1.54) is 23.2 Å². The van der Waals surface area contributed by atoms with Gasteiger partial charge >= 0.3 is 0 Å². The predicted octanol–water partition coefficient (Wildman–Crippen LogP) is 4.31. The average molecular weight is 382 g/mol. The molecule has 3 N–H and O–H groups in total. The van der Waals surface area contributed by atoms with Crippen molar-refractivity contribution in [3.63, 3.8) is 0 Å². The molecule has 0 spiro atoms. The molecule has 0 aliphatic heterocycles. The standard InChI is InChI=1S/C21H20F2N4O/c1-13(12-28)10-27(11-15-7-16(22)9-17(23)8-15)21(24)26-19-3-4-20-18(14(19)2)5-6-25-20/h3-10,12,25H,11H2,1-2H3,(H2,24,26)/b13-10-. The van der Waals surface area contributed by atoms with Crippen molar-refractivity contribution in [2.24, 2.45) is 10.7 Å². The number of aliphatic imine (C=N–C) groups is 1. The first kappa shape index (κ1) is 19.3. The number of H-pyrrole nitrogens is 1. The Bertz CT molecular complexity index is 1060. The topological polar surface area (TPSA) is 74.5 Å². The Hall–Kier alpha value is -3.48. The highest BCUT2D eigenvalue weighted by Gasteiger charge is 2.11. The van der Waals surface area contributed by atoms with E-state index in [4.69, 9.17) is 5.73 Å². The highest BCUT2D eigenvalue weighted by Crippen LogP contribution is 2.27. The minimum absolute atomic E-state index is 0.0562. The Morgan fingerprint density at radius 1 is 1.21 bits per heavy atom. The number of hydrogen-bond donors (Lipinski definition) is 2. The summed E-state index contributed by atoms with van der Waals surface area (Å²) in [5.74, 6) is -1.27. The number of aromatic amines is 1. The van der Waals surface area contributed by atoms with Crippen LogP contribution in [0.25, 0.3) is 10.9 Å². The van der Waals surface area contributed by atoms with Crippen LogP contribution in [-0.2, 0) is 11.3 Å². The first-order valence-electron chi connectivity index (χ1n) is 8.63. The normalized spacial score (nSPS) is 12.4. The highest BCUT2D eigenvalue weighted by atomic mass is 19.1. The van der Waals surface area contributed by atoms with Crippen LogP contribution in [0.3, 0.4) is 0 Å². The molecule has 3 rings (SSSR count). The van der Waals surface area contributed by atoms with Crippen molar-refractivity contribution in [3.8, 4) is 0 Å². The molecule has 144 valence electrons. The van der Waals surface area contributed by atoms with Crippen LogP contribution < -0.4 is 5.73 Å². The number of halogens is 2. The van der Waals surface area contributed by atoms with Crippen LogP contribution in [0.15, 0.2) is 59.4 Å². The van der Waals surface area contributed by atoms with Gasteiger partial charge in [0.1, 0.15) is 17.9 Å². The fourth-order valence-electron chi connectivity index (χ4n) is 2.95. The van der Waals surface area contributed by atoms with Crippen molar-refractivity contribution < 1.29 is 13.6 Å². The van der Waals surface area contributed by atoms with E-state index in [1.807, 2.05) is 31.3 Å². The summed E-state index contributed by atoms with van der Waals surface area (Å²) in [7, 11) is 0. The number of nitrogens with zero attached hydrogens (tertiary/aromatic N) is 2. The molecule has 3 aromatic rings. The molecule has 0 saturated carbocycles. The maximum absolute atomic E-state index is 13.5. The largest absolute Gasteiger partial charge is 0.369 e. The van der Waals surface area contributed by atoms with Crippen LogP contribution in [0.5, 0.6) is 0 Å². The fourth-order valence-corrected chi connectivity index (χ4v) is 2.95. The van der Waals surface area contributed by atoms with Gasteiger partial charge in [0.25, 0.3) is 0 Å². The summed E-state index contributed by atoms with van der Waals surface area (Å²) in [5, 5.41) is 1.02. The Labute approximate surface area is 161 Å². The van der Waals surface area contributed by atoms with Gasteiger partial charge in [-0.2, -0.15) is 0 Å². The number of carbonyl (C=O) groups excluding carboxylic acids is 1. The minimum Gasteiger partial charge on any atom is -0.369 e. The van der Waals surface area contributed by atoms with E-state index in [0.717, 1.165) is 22.5 Å². The lowest BCUT2D eigenvalue weighted by Gasteiger charge is -2.20. The lowest BCUT2D eigenvalue weighted by Crippen LogP contribution is -2.33. The van der Waals surface area contributed by atoms with Crippen LogP contribution in [0.1, 0.15) is 18.1 Å². The maximum atomic E-state index is 13.5. The molecule has 0 fully saturated rings. The van der Waals surface area contributed by atoms with Gasteiger partial charge in [0, 0.05) is 34.9 Å². The van der Waals surface area contributed by atoms with Gasteiger partial charge in [0.15, 0.2) is 0 Å². The molecule has 2 aromatic carbocycles. The van der Waals surface area contributed by atoms with Gasteiger partial charge in [0.05, 0.1) is 12.2 Å². The zero-order valence-corrected chi connectivity index (χ0v) is 15.5. The number of aldehydes is 1. The number of nitrogens with two attached hydrogens (primary N) is 1. The Balaban J connectivity index is 1.99. The van der Waals surface area contributed by atoms with Crippen molar-refractivity contribution in [2.75, 3.05) is 0 Å². The van der Waals surface area contributed by atoms with Gasteiger partial charge < -0.3 is 15.6 Å². The SMILES string of the molecule is C/C(C=O)=C/N(Cc1cc(F)cc(F)c1)C(N)=Nc1ccc2[nH]ccc2c1C. The third-order valence-electron chi connectivity index (χ3n) is 4.32. The van der Waals surface area contributed by atoms with Crippen LogP contribution in [-0.4, -0.2) is 22.1 Å². The van der Waals surface area contributed by atoms with Gasteiger partial charge in [-0.15, -0.1) is 0 Å². The highest BCUT2D eigenvalue weighted by molar-refractivity contribution is 5.90. The number of guanidine groups is 1. The van der Waals surface area contributed by atoms with Crippen LogP contribution in [0.4, 0.5) is 14.5 Å².